The second-order valence-corrected chi connectivity index (χ2v) is 5.27. The molecule has 0 spiro atoms. The summed E-state index contributed by atoms with van der Waals surface area (Å²) < 4.78 is 11.1. The van der Waals surface area contributed by atoms with Gasteiger partial charge in [-0.15, -0.1) is 0 Å². The molecule has 1 saturated heterocycles. The summed E-state index contributed by atoms with van der Waals surface area (Å²) >= 11 is 0. The summed E-state index contributed by atoms with van der Waals surface area (Å²) in [6.07, 6.45) is 3.61. The van der Waals surface area contributed by atoms with Crippen LogP contribution in [-0.2, 0) is 4.74 Å². The first-order chi connectivity index (χ1) is 9.24. The van der Waals surface area contributed by atoms with Crippen LogP contribution in [0.2, 0.25) is 0 Å². The second-order valence-electron chi connectivity index (χ2n) is 5.27. The van der Waals surface area contributed by atoms with E-state index in [2.05, 4.69) is 31.3 Å². The van der Waals surface area contributed by atoms with Crippen LogP contribution in [0.4, 0.5) is 0 Å². The zero-order valence-electron chi connectivity index (χ0n) is 12.2. The minimum atomic E-state index is 0.353. The van der Waals surface area contributed by atoms with E-state index in [9.17, 15) is 0 Å². The molecule has 1 aliphatic heterocycles. The topological polar surface area (TPSA) is 30.5 Å². The van der Waals surface area contributed by atoms with E-state index < -0.39 is 0 Å². The summed E-state index contributed by atoms with van der Waals surface area (Å²) in [5.41, 5.74) is 1.26. The molecule has 1 aromatic rings. The molecule has 3 atom stereocenters. The largest absolute Gasteiger partial charge is 0.496 e. The molecule has 1 aliphatic rings. The fourth-order valence-corrected chi connectivity index (χ4v) is 2.82. The number of hydrogen-bond acceptors (Lipinski definition) is 3. The van der Waals surface area contributed by atoms with E-state index in [4.69, 9.17) is 9.47 Å². The summed E-state index contributed by atoms with van der Waals surface area (Å²) in [4.78, 5) is 0. The number of ether oxygens (including phenoxy) is 2. The quantitative estimate of drug-likeness (QED) is 0.884. The number of hydrogen-bond donors (Lipinski definition) is 1. The van der Waals surface area contributed by atoms with Crippen molar-refractivity contribution >= 4 is 0 Å². The highest BCUT2D eigenvalue weighted by atomic mass is 16.5. The first-order valence-electron chi connectivity index (χ1n) is 7.25. The number of nitrogens with one attached hydrogen (secondary N) is 1. The lowest BCUT2D eigenvalue weighted by Gasteiger charge is -2.32. The van der Waals surface area contributed by atoms with Crippen molar-refractivity contribution in [2.45, 2.75) is 51.3 Å². The predicted octanol–water partition coefficient (Wildman–Crippen LogP) is 3.30. The van der Waals surface area contributed by atoms with Gasteiger partial charge < -0.3 is 14.8 Å². The molecule has 0 saturated carbocycles. The summed E-state index contributed by atoms with van der Waals surface area (Å²) in [5.74, 6) is 0.974. The number of methoxy groups -OCH3 is 1. The van der Waals surface area contributed by atoms with Gasteiger partial charge in [0.25, 0.3) is 0 Å². The Labute approximate surface area is 116 Å². The predicted molar refractivity (Wildman–Crippen MR) is 77.6 cm³/mol. The van der Waals surface area contributed by atoms with Crippen LogP contribution in [0.3, 0.4) is 0 Å². The highest BCUT2D eigenvalue weighted by Gasteiger charge is 2.23. The molecule has 0 bridgehead atoms. The lowest BCUT2D eigenvalue weighted by Crippen LogP contribution is -2.39. The fourth-order valence-electron chi connectivity index (χ4n) is 2.82. The van der Waals surface area contributed by atoms with Gasteiger partial charge in [-0.05, 0) is 32.3 Å². The lowest BCUT2D eigenvalue weighted by molar-refractivity contribution is 0.0110. The average molecular weight is 263 g/mol. The third kappa shape index (κ3) is 3.71. The van der Waals surface area contributed by atoms with Gasteiger partial charge >= 0.3 is 0 Å². The molecule has 19 heavy (non-hydrogen) atoms. The Hall–Kier alpha value is -1.06. The monoisotopic (exact) mass is 263 g/mol. The Bertz CT molecular complexity index is 394. The molecule has 1 aromatic carbocycles. The van der Waals surface area contributed by atoms with Crippen molar-refractivity contribution < 1.29 is 9.47 Å². The zero-order chi connectivity index (χ0) is 13.7. The summed E-state index contributed by atoms with van der Waals surface area (Å²) in [6.45, 7) is 5.23. The molecule has 0 radical (unpaired) electrons. The molecule has 1 heterocycles. The Kier molecular flexibility index (Phi) is 5.23. The van der Waals surface area contributed by atoms with Crippen molar-refractivity contribution in [3.63, 3.8) is 0 Å². The molecule has 0 amide bonds. The molecule has 2 rings (SSSR count). The highest BCUT2D eigenvalue weighted by molar-refractivity contribution is 5.35. The Balaban J connectivity index is 2.07. The van der Waals surface area contributed by atoms with Gasteiger partial charge in [0.05, 0.1) is 13.2 Å². The van der Waals surface area contributed by atoms with Gasteiger partial charge in [-0.25, -0.2) is 0 Å². The molecule has 3 heteroatoms. The number of para-hydroxylation sites is 1. The third-order valence-electron chi connectivity index (χ3n) is 3.84. The van der Waals surface area contributed by atoms with Crippen LogP contribution in [0.5, 0.6) is 5.75 Å². The zero-order valence-corrected chi connectivity index (χ0v) is 12.2. The average Bonchev–Trinajstić information content (AvgIpc) is 2.45. The van der Waals surface area contributed by atoms with Crippen LogP contribution in [-0.4, -0.2) is 25.9 Å². The van der Waals surface area contributed by atoms with Crippen molar-refractivity contribution in [1.82, 2.24) is 5.32 Å². The fraction of sp³-hybridized carbons (Fsp3) is 0.625. The first-order valence-corrected chi connectivity index (χ1v) is 7.25. The number of rotatable bonds is 5. The van der Waals surface area contributed by atoms with Crippen LogP contribution in [0.15, 0.2) is 24.3 Å². The van der Waals surface area contributed by atoms with Crippen molar-refractivity contribution in [1.29, 1.82) is 0 Å². The van der Waals surface area contributed by atoms with Gasteiger partial charge in [-0.1, -0.05) is 25.1 Å². The molecule has 3 nitrogen and oxygen atoms in total. The SMILES string of the molecule is CCC(NC1CCOC(C)C1)c1ccccc1OC. The van der Waals surface area contributed by atoms with E-state index in [1.807, 2.05) is 12.1 Å². The van der Waals surface area contributed by atoms with Crippen molar-refractivity contribution in [3.8, 4) is 5.75 Å². The van der Waals surface area contributed by atoms with Crippen LogP contribution in [0.25, 0.3) is 0 Å². The third-order valence-corrected chi connectivity index (χ3v) is 3.84. The molecule has 0 aliphatic carbocycles. The smallest absolute Gasteiger partial charge is 0.123 e. The first kappa shape index (κ1) is 14.4. The standard InChI is InChI=1S/C16H25NO2/c1-4-15(14-7-5-6-8-16(14)18-3)17-13-9-10-19-12(2)11-13/h5-8,12-13,15,17H,4,9-11H2,1-3H3. The Morgan fingerprint density at radius 2 is 2.21 bits per heavy atom. The van der Waals surface area contributed by atoms with E-state index in [-0.39, 0.29) is 0 Å². The summed E-state index contributed by atoms with van der Waals surface area (Å²) in [6, 6.07) is 9.18. The van der Waals surface area contributed by atoms with Gasteiger partial charge in [-0.2, -0.15) is 0 Å². The van der Waals surface area contributed by atoms with Gasteiger partial charge in [0.2, 0.25) is 0 Å². The van der Waals surface area contributed by atoms with Crippen LogP contribution in [0.1, 0.15) is 44.7 Å². The maximum atomic E-state index is 5.61. The maximum Gasteiger partial charge on any atom is 0.123 e. The minimum absolute atomic E-state index is 0.353. The summed E-state index contributed by atoms with van der Waals surface area (Å²) in [5, 5.41) is 3.77. The van der Waals surface area contributed by atoms with E-state index in [0.717, 1.165) is 31.6 Å². The van der Waals surface area contributed by atoms with Gasteiger partial charge in [0.1, 0.15) is 5.75 Å². The molecular formula is C16H25NO2. The molecule has 0 aromatic heterocycles. The Morgan fingerprint density at radius 1 is 1.42 bits per heavy atom. The van der Waals surface area contributed by atoms with Gasteiger partial charge in [0.15, 0.2) is 0 Å². The Morgan fingerprint density at radius 3 is 2.89 bits per heavy atom. The van der Waals surface area contributed by atoms with E-state index >= 15 is 0 Å². The van der Waals surface area contributed by atoms with Crippen molar-refractivity contribution in [3.05, 3.63) is 29.8 Å². The normalized spacial score (nSPS) is 25.0. The van der Waals surface area contributed by atoms with Crippen LogP contribution in [0, 0.1) is 0 Å². The van der Waals surface area contributed by atoms with Crippen molar-refractivity contribution in [2.24, 2.45) is 0 Å². The van der Waals surface area contributed by atoms with E-state index in [1.54, 1.807) is 7.11 Å². The molecule has 106 valence electrons. The van der Waals surface area contributed by atoms with Gasteiger partial charge in [0, 0.05) is 24.3 Å². The van der Waals surface area contributed by atoms with E-state index in [0.29, 0.717) is 18.2 Å². The maximum absolute atomic E-state index is 5.61. The van der Waals surface area contributed by atoms with Crippen molar-refractivity contribution in [2.75, 3.05) is 13.7 Å². The molecule has 1 N–H and O–H groups in total. The highest BCUT2D eigenvalue weighted by Crippen LogP contribution is 2.28. The lowest BCUT2D eigenvalue weighted by atomic mass is 9.98. The molecular weight excluding hydrogens is 238 g/mol. The van der Waals surface area contributed by atoms with E-state index in [1.165, 1.54) is 5.56 Å². The number of benzene rings is 1. The van der Waals surface area contributed by atoms with Crippen LogP contribution < -0.4 is 10.1 Å². The summed E-state index contributed by atoms with van der Waals surface area (Å²) in [7, 11) is 1.74. The van der Waals surface area contributed by atoms with Gasteiger partial charge in [-0.3, -0.25) is 0 Å². The minimum Gasteiger partial charge on any atom is -0.496 e. The van der Waals surface area contributed by atoms with Crippen LogP contribution >= 0.6 is 0 Å². The second kappa shape index (κ2) is 6.92. The molecule has 1 fully saturated rings. The molecule has 3 unspecified atom stereocenters.